The molecule has 0 saturated heterocycles. The number of amides is 1. The number of nitrogens with one attached hydrogen (secondary N) is 1. The van der Waals surface area contributed by atoms with E-state index in [1.165, 1.54) is 44.4 Å². The Kier molecular flexibility index (Phi) is 7.23. The third kappa shape index (κ3) is 6.82. The van der Waals surface area contributed by atoms with Gasteiger partial charge in [0.05, 0.1) is 6.10 Å². The van der Waals surface area contributed by atoms with Crippen molar-refractivity contribution in [3.8, 4) is 0 Å². The molecule has 0 aromatic carbocycles. The third-order valence-electron chi connectivity index (χ3n) is 3.35. The lowest BCUT2D eigenvalue weighted by Gasteiger charge is -2.17. The van der Waals surface area contributed by atoms with Gasteiger partial charge in [-0.1, -0.05) is 25.7 Å². The number of carboxylic acid groups (broad SMARTS) is 1. The number of aliphatic hydroxyl groups is 1. The molecule has 0 aromatic rings. The molecule has 1 aliphatic carbocycles. The van der Waals surface area contributed by atoms with E-state index in [0.717, 1.165) is 6.42 Å². The molecular weight excluding hydrogens is 266 g/mol. The first-order valence-electron chi connectivity index (χ1n) is 6.74. The van der Waals surface area contributed by atoms with E-state index in [0.29, 0.717) is 11.7 Å². The Morgan fingerprint density at radius 1 is 1.32 bits per heavy atom. The molecule has 0 aromatic heterocycles. The molecule has 1 saturated carbocycles. The van der Waals surface area contributed by atoms with E-state index >= 15 is 0 Å². The Morgan fingerprint density at radius 3 is 2.47 bits per heavy atom. The minimum absolute atomic E-state index is 0.288. The Balaban J connectivity index is 2.19. The summed E-state index contributed by atoms with van der Waals surface area (Å²) in [5.41, 5.74) is 0. The van der Waals surface area contributed by atoms with Crippen molar-refractivity contribution < 1.29 is 19.8 Å². The Morgan fingerprint density at radius 2 is 1.95 bits per heavy atom. The summed E-state index contributed by atoms with van der Waals surface area (Å²) in [6.45, 7) is 1.30. The summed E-state index contributed by atoms with van der Waals surface area (Å²) < 4.78 is 0. The van der Waals surface area contributed by atoms with Crippen LogP contribution in [0.5, 0.6) is 0 Å². The highest BCUT2D eigenvalue weighted by Crippen LogP contribution is 2.29. The van der Waals surface area contributed by atoms with Gasteiger partial charge >= 0.3 is 5.97 Å². The van der Waals surface area contributed by atoms with Crippen LogP contribution in [-0.2, 0) is 9.59 Å². The first-order chi connectivity index (χ1) is 8.99. The minimum Gasteiger partial charge on any atom is -0.480 e. The fourth-order valence-electron chi connectivity index (χ4n) is 2.44. The molecule has 0 spiro atoms. The quantitative estimate of drug-likeness (QED) is 0.626. The van der Waals surface area contributed by atoms with Crippen LogP contribution in [0, 0.1) is 5.92 Å². The standard InChI is InChI=1S/C13H23NO4S/c1-9(15)14-12(13(17)18)8-19-7-11(16)6-10-4-2-3-5-10/h10-12,16H,2-8H2,1H3,(H,14,15)(H,17,18)/t11?,12-/m0/s1. The molecule has 1 fully saturated rings. The molecule has 1 unspecified atom stereocenters. The summed E-state index contributed by atoms with van der Waals surface area (Å²) in [7, 11) is 0. The number of carbonyl (C=O) groups is 2. The van der Waals surface area contributed by atoms with Gasteiger partial charge in [-0.15, -0.1) is 0 Å². The van der Waals surface area contributed by atoms with E-state index < -0.39 is 12.0 Å². The molecule has 0 heterocycles. The van der Waals surface area contributed by atoms with Crippen molar-refractivity contribution in [3.05, 3.63) is 0 Å². The number of hydrogen-bond donors (Lipinski definition) is 3. The van der Waals surface area contributed by atoms with E-state index in [-0.39, 0.29) is 17.8 Å². The number of carbonyl (C=O) groups excluding carboxylic acids is 1. The fourth-order valence-corrected chi connectivity index (χ4v) is 3.45. The van der Waals surface area contributed by atoms with E-state index in [9.17, 15) is 14.7 Å². The molecule has 3 N–H and O–H groups in total. The zero-order valence-electron chi connectivity index (χ0n) is 11.3. The SMILES string of the molecule is CC(=O)N[C@@H](CSCC(O)CC1CCCC1)C(=O)O. The predicted molar refractivity (Wildman–Crippen MR) is 75.1 cm³/mol. The summed E-state index contributed by atoms with van der Waals surface area (Å²) in [6, 6.07) is -0.874. The van der Waals surface area contributed by atoms with Crippen molar-refractivity contribution >= 4 is 23.6 Å². The normalized spacial score (nSPS) is 19.1. The number of thioether (sulfide) groups is 1. The maximum atomic E-state index is 10.9. The van der Waals surface area contributed by atoms with Gasteiger partial charge in [0.1, 0.15) is 6.04 Å². The highest BCUT2D eigenvalue weighted by Gasteiger charge is 2.21. The third-order valence-corrected chi connectivity index (χ3v) is 4.54. The van der Waals surface area contributed by atoms with Crippen LogP contribution in [0.1, 0.15) is 39.0 Å². The zero-order chi connectivity index (χ0) is 14.3. The van der Waals surface area contributed by atoms with Crippen molar-refractivity contribution in [2.75, 3.05) is 11.5 Å². The Labute approximate surface area is 118 Å². The predicted octanol–water partition coefficient (Wildman–Crippen LogP) is 1.25. The molecule has 0 radical (unpaired) electrons. The van der Waals surface area contributed by atoms with E-state index in [1.54, 1.807) is 0 Å². The van der Waals surface area contributed by atoms with Crippen LogP contribution in [0.3, 0.4) is 0 Å². The number of aliphatic carboxylic acids is 1. The Bertz CT molecular complexity index is 305. The second-order valence-electron chi connectivity index (χ2n) is 5.17. The fraction of sp³-hybridized carbons (Fsp3) is 0.846. The Hall–Kier alpha value is -0.750. The number of hydrogen-bond acceptors (Lipinski definition) is 4. The van der Waals surface area contributed by atoms with Gasteiger partial charge in [0.25, 0.3) is 0 Å². The maximum absolute atomic E-state index is 10.9. The zero-order valence-corrected chi connectivity index (χ0v) is 12.1. The highest BCUT2D eigenvalue weighted by atomic mass is 32.2. The van der Waals surface area contributed by atoms with Gasteiger partial charge in [-0.3, -0.25) is 4.79 Å². The van der Waals surface area contributed by atoms with Crippen LogP contribution >= 0.6 is 11.8 Å². The molecule has 110 valence electrons. The van der Waals surface area contributed by atoms with Gasteiger partial charge in [-0.25, -0.2) is 4.79 Å². The van der Waals surface area contributed by atoms with Gasteiger partial charge in [0.15, 0.2) is 0 Å². The molecule has 0 bridgehead atoms. The van der Waals surface area contributed by atoms with Gasteiger partial charge in [0.2, 0.25) is 5.91 Å². The monoisotopic (exact) mass is 289 g/mol. The topological polar surface area (TPSA) is 86.6 Å². The van der Waals surface area contributed by atoms with Gasteiger partial charge in [-0.05, 0) is 12.3 Å². The van der Waals surface area contributed by atoms with E-state index in [2.05, 4.69) is 5.32 Å². The average molecular weight is 289 g/mol. The van der Waals surface area contributed by atoms with Gasteiger partial charge < -0.3 is 15.5 Å². The van der Waals surface area contributed by atoms with Crippen LogP contribution in [0.2, 0.25) is 0 Å². The second kappa shape index (κ2) is 8.43. The lowest BCUT2D eigenvalue weighted by Crippen LogP contribution is -2.41. The lowest BCUT2D eigenvalue weighted by molar-refractivity contribution is -0.140. The van der Waals surface area contributed by atoms with Crippen LogP contribution in [-0.4, -0.2) is 45.7 Å². The molecule has 19 heavy (non-hydrogen) atoms. The summed E-state index contributed by atoms with van der Waals surface area (Å²) in [6.07, 6.45) is 5.35. The summed E-state index contributed by atoms with van der Waals surface area (Å²) in [5, 5.41) is 21.2. The van der Waals surface area contributed by atoms with Crippen molar-refractivity contribution in [2.24, 2.45) is 5.92 Å². The van der Waals surface area contributed by atoms with Crippen molar-refractivity contribution in [1.29, 1.82) is 0 Å². The number of carboxylic acids is 1. The van der Waals surface area contributed by atoms with Crippen LogP contribution in [0.15, 0.2) is 0 Å². The van der Waals surface area contributed by atoms with Gasteiger partial charge in [0, 0.05) is 18.4 Å². The van der Waals surface area contributed by atoms with E-state index in [1.807, 2.05) is 0 Å². The van der Waals surface area contributed by atoms with Crippen molar-refractivity contribution in [1.82, 2.24) is 5.32 Å². The smallest absolute Gasteiger partial charge is 0.327 e. The molecule has 1 rings (SSSR count). The number of aliphatic hydroxyl groups excluding tert-OH is 1. The first kappa shape index (κ1) is 16.3. The average Bonchev–Trinajstić information content (AvgIpc) is 2.79. The summed E-state index contributed by atoms with van der Waals surface area (Å²) in [5.74, 6) is 0.0601. The van der Waals surface area contributed by atoms with Crippen molar-refractivity contribution in [3.63, 3.8) is 0 Å². The first-order valence-corrected chi connectivity index (χ1v) is 7.90. The second-order valence-corrected chi connectivity index (χ2v) is 6.24. The molecule has 1 amide bonds. The van der Waals surface area contributed by atoms with Crippen LogP contribution < -0.4 is 5.32 Å². The molecule has 1 aliphatic rings. The largest absolute Gasteiger partial charge is 0.480 e. The van der Waals surface area contributed by atoms with Gasteiger partial charge in [-0.2, -0.15) is 11.8 Å². The highest BCUT2D eigenvalue weighted by molar-refractivity contribution is 7.99. The lowest BCUT2D eigenvalue weighted by atomic mass is 10.0. The maximum Gasteiger partial charge on any atom is 0.327 e. The molecule has 0 aliphatic heterocycles. The van der Waals surface area contributed by atoms with Crippen molar-refractivity contribution in [2.45, 2.75) is 51.2 Å². The molecule has 5 nitrogen and oxygen atoms in total. The van der Waals surface area contributed by atoms with Crippen LogP contribution in [0.4, 0.5) is 0 Å². The molecule has 2 atom stereocenters. The molecule has 6 heteroatoms. The van der Waals surface area contributed by atoms with E-state index in [4.69, 9.17) is 5.11 Å². The van der Waals surface area contributed by atoms with Crippen LogP contribution in [0.25, 0.3) is 0 Å². The number of rotatable bonds is 8. The summed E-state index contributed by atoms with van der Waals surface area (Å²) in [4.78, 5) is 21.8. The summed E-state index contributed by atoms with van der Waals surface area (Å²) >= 11 is 1.38. The minimum atomic E-state index is -1.03. The molecular formula is C13H23NO4S.